The van der Waals surface area contributed by atoms with Crippen molar-refractivity contribution in [3.8, 4) is 0 Å². The van der Waals surface area contributed by atoms with E-state index in [1.807, 2.05) is 99.7 Å². The highest BCUT2D eigenvalue weighted by atomic mass is 16.2. The molecule has 6 rings (SSSR count). The molecule has 2 atom stereocenters. The lowest BCUT2D eigenvalue weighted by Crippen LogP contribution is -2.75. The van der Waals surface area contributed by atoms with Gasteiger partial charge in [0.25, 0.3) is 0 Å². The first-order valence-electron chi connectivity index (χ1n) is 15.8. The van der Waals surface area contributed by atoms with Gasteiger partial charge in [-0.25, -0.2) is 5.01 Å². The molecule has 0 unspecified atom stereocenters. The molecule has 230 valence electrons. The highest BCUT2D eigenvalue weighted by Crippen LogP contribution is 2.33. The highest BCUT2D eigenvalue weighted by Gasteiger charge is 2.50. The van der Waals surface area contributed by atoms with Gasteiger partial charge in [-0.3, -0.25) is 14.6 Å². The van der Waals surface area contributed by atoms with Crippen LogP contribution < -0.4 is 5.32 Å². The number of rotatable bonds is 11. The van der Waals surface area contributed by atoms with Crippen molar-refractivity contribution in [1.82, 2.24) is 25.1 Å². The summed E-state index contributed by atoms with van der Waals surface area (Å²) in [6, 6.07) is 40.3. The lowest BCUT2D eigenvalue weighted by molar-refractivity contribution is -0.195. The minimum Gasteiger partial charge on any atom is -0.367 e. The van der Waals surface area contributed by atoms with Crippen LogP contribution in [0.1, 0.15) is 35.1 Å². The number of carbonyl (C=O) groups excluding carboxylic acids is 2. The molecule has 4 aromatic rings. The maximum absolute atomic E-state index is 14.5. The Morgan fingerprint density at radius 1 is 0.800 bits per heavy atom. The largest absolute Gasteiger partial charge is 0.367 e. The van der Waals surface area contributed by atoms with Crippen molar-refractivity contribution < 1.29 is 9.59 Å². The maximum atomic E-state index is 14.5. The Bertz CT molecular complexity index is 1540. The molecule has 0 saturated carbocycles. The summed E-state index contributed by atoms with van der Waals surface area (Å²) in [6.45, 7) is 8.80. The van der Waals surface area contributed by atoms with Gasteiger partial charge < -0.3 is 15.1 Å². The number of likely N-dealkylation sites (N-methyl/N-ethyl adjacent to an activating group) is 1. The zero-order chi connectivity index (χ0) is 31.2. The highest BCUT2D eigenvalue weighted by molar-refractivity contribution is 5.90. The Hall–Kier alpha value is -4.88. The Kier molecular flexibility index (Phi) is 9.27. The predicted molar refractivity (Wildman–Crippen MR) is 177 cm³/mol. The number of fused-ring (bicyclic) bond motifs is 1. The first-order chi connectivity index (χ1) is 22.0. The van der Waals surface area contributed by atoms with Crippen LogP contribution in [0.3, 0.4) is 0 Å². The van der Waals surface area contributed by atoms with Crippen LogP contribution in [-0.2, 0) is 22.6 Å². The van der Waals surface area contributed by atoms with E-state index in [0.717, 1.165) is 22.3 Å². The summed E-state index contributed by atoms with van der Waals surface area (Å²) in [5.74, 6) is 0.631. The van der Waals surface area contributed by atoms with Crippen LogP contribution in [0.2, 0.25) is 0 Å². The zero-order valence-electron chi connectivity index (χ0n) is 25.8. The summed E-state index contributed by atoms with van der Waals surface area (Å²) in [7, 11) is 0. The molecule has 2 amide bonds. The van der Waals surface area contributed by atoms with E-state index in [1.165, 1.54) is 0 Å². The van der Waals surface area contributed by atoms with Gasteiger partial charge >= 0.3 is 0 Å². The number of hydrogen-bond acceptors (Lipinski definition) is 5. The van der Waals surface area contributed by atoms with Crippen molar-refractivity contribution >= 4 is 11.8 Å². The molecular weight excluding hydrogens is 558 g/mol. The van der Waals surface area contributed by atoms with Crippen molar-refractivity contribution in [3.63, 3.8) is 0 Å². The van der Waals surface area contributed by atoms with E-state index in [1.54, 1.807) is 0 Å². The second kappa shape index (κ2) is 13.8. The SMILES string of the molecule is C=C(NCc1ccccc1)N1[C@H]2CN(CC(c3ccccc3)c3ccccc3)C(=O)[C@H](Cc3ccccc3)N2C(=O)CN1CC. The first-order valence-corrected chi connectivity index (χ1v) is 15.8. The van der Waals surface area contributed by atoms with Crippen LogP contribution in [0.15, 0.2) is 134 Å². The van der Waals surface area contributed by atoms with E-state index in [2.05, 4.69) is 60.2 Å². The van der Waals surface area contributed by atoms with Gasteiger partial charge in [0.1, 0.15) is 18.0 Å². The molecule has 4 aromatic carbocycles. The summed E-state index contributed by atoms with van der Waals surface area (Å²) >= 11 is 0. The van der Waals surface area contributed by atoms with Gasteiger partial charge in [-0.2, -0.15) is 0 Å². The third kappa shape index (κ3) is 6.64. The average Bonchev–Trinajstić information content (AvgIpc) is 3.09. The summed E-state index contributed by atoms with van der Waals surface area (Å²) < 4.78 is 0. The smallest absolute Gasteiger partial charge is 0.245 e. The maximum Gasteiger partial charge on any atom is 0.245 e. The van der Waals surface area contributed by atoms with Crippen molar-refractivity contribution in [1.29, 1.82) is 0 Å². The molecule has 2 heterocycles. The number of hydrazine groups is 1. The molecular formula is C38H41N5O2. The molecule has 2 fully saturated rings. The number of hydrogen-bond donors (Lipinski definition) is 1. The molecule has 0 bridgehead atoms. The molecule has 0 spiro atoms. The first kappa shape index (κ1) is 30.2. The second-order valence-electron chi connectivity index (χ2n) is 11.7. The van der Waals surface area contributed by atoms with Crippen LogP contribution in [-0.4, -0.2) is 70.0 Å². The number of carbonyl (C=O) groups is 2. The fraction of sp³-hybridized carbons (Fsp3) is 0.263. The van der Waals surface area contributed by atoms with Gasteiger partial charge in [0.05, 0.1) is 13.1 Å². The lowest BCUT2D eigenvalue weighted by Gasteiger charge is -2.56. The molecule has 2 saturated heterocycles. The van der Waals surface area contributed by atoms with Crippen molar-refractivity contribution in [2.75, 3.05) is 26.2 Å². The normalized spacial score (nSPS) is 18.7. The van der Waals surface area contributed by atoms with Crippen molar-refractivity contribution in [2.45, 2.75) is 38.0 Å². The molecule has 0 aliphatic carbocycles. The van der Waals surface area contributed by atoms with Crippen LogP contribution in [0.5, 0.6) is 0 Å². The fourth-order valence-electron chi connectivity index (χ4n) is 6.63. The van der Waals surface area contributed by atoms with Crippen LogP contribution in [0.4, 0.5) is 0 Å². The lowest BCUT2D eigenvalue weighted by atomic mass is 9.89. The Labute approximate surface area is 266 Å². The van der Waals surface area contributed by atoms with E-state index >= 15 is 0 Å². The third-order valence-corrected chi connectivity index (χ3v) is 8.89. The van der Waals surface area contributed by atoms with Gasteiger partial charge in [-0.15, -0.1) is 0 Å². The minimum atomic E-state index is -0.630. The minimum absolute atomic E-state index is 0.0188. The van der Waals surface area contributed by atoms with Crippen molar-refractivity contribution in [3.05, 3.63) is 156 Å². The Morgan fingerprint density at radius 3 is 1.89 bits per heavy atom. The zero-order valence-corrected chi connectivity index (χ0v) is 25.8. The number of nitrogens with one attached hydrogen (secondary N) is 1. The second-order valence-corrected chi connectivity index (χ2v) is 11.7. The molecule has 0 radical (unpaired) electrons. The number of piperazine rings is 1. The molecule has 1 N–H and O–H groups in total. The van der Waals surface area contributed by atoms with E-state index in [0.29, 0.717) is 38.4 Å². The van der Waals surface area contributed by atoms with E-state index < -0.39 is 12.2 Å². The molecule has 2 aliphatic heterocycles. The van der Waals surface area contributed by atoms with Gasteiger partial charge in [0.15, 0.2) is 0 Å². The Balaban J connectivity index is 1.36. The number of amides is 2. The fourth-order valence-corrected chi connectivity index (χ4v) is 6.63. The van der Waals surface area contributed by atoms with Crippen molar-refractivity contribution in [2.24, 2.45) is 0 Å². The quantitative estimate of drug-likeness (QED) is 0.256. The van der Waals surface area contributed by atoms with E-state index in [-0.39, 0.29) is 24.3 Å². The predicted octanol–water partition coefficient (Wildman–Crippen LogP) is 5.24. The van der Waals surface area contributed by atoms with Crippen LogP contribution in [0, 0.1) is 0 Å². The standard InChI is InChI=1S/C38H41N5O2/c1-3-41-28-37(44)42-35(24-30-16-8-4-9-17-30)38(45)40(26-34(32-20-12-6-13-21-32)33-22-14-7-15-23-33)27-36(42)43(41)29(2)39-25-31-18-10-5-11-19-31/h4-23,34-36,39H,2-3,24-28H2,1H3/t35-,36-/m0/s1. The summed E-state index contributed by atoms with van der Waals surface area (Å²) in [4.78, 5) is 32.2. The summed E-state index contributed by atoms with van der Waals surface area (Å²) in [5, 5.41) is 7.67. The number of nitrogens with zero attached hydrogens (tertiary/aromatic N) is 4. The van der Waals surface area contributed by atoms with Crippen LogP contribution >= 0.6 is 0 Å². The molecule has 7 nitrogen and oxygen atoms in total. The Morgan fingerprint density at radius 2 is 1.33 bits per heavy atom. The molecule has 0 aromatic heterocycles. The average molecular weight is 600 g/mol. The topological polar surface area (TPSA) is 59.1 Å². The molecule has 7 heteroatoms. The van der Waals surface area contributed by atoms with E-state index in [4.69, 9.17) is 0 Å². The summed E-state index contributed by atoms with van der Waals surface area (Å²) in [5.41, 5.74) is 4.47. The van der Waals surface area contributed by atoms with Gasteiger partial charge in [-0.1, -0.05) is 135 Å². The summed E-state index contributed by atoms with van der Waals surface area (Å²) in [6.07, 6.45) is 0.0458. The van der Waals surface area contributed by atoms with E-state index in [9.17, 15) is 9.59 Å². The van der Waals surface area contributed by atoms with Gasteiger partial charge in [0, 0.05) is 32.0 Å². The molecule has 45 heavy (non-hydrogen) atoms. The van der Waals surface area contributed by atoms with Gasteiger partial charge in [0.2, 0.25) is 11.8 Å². The van der Waals surface area contributed by atoms with Crippen LogP contribution in [0.25, 0.3) is 0 Å². The molecule has 2 aliphatic rings. The monoisotopic (exact) mass is 599 g/mol. The number of benzene rings is 4. The van der Waals surface area contributed by atoms with Gasteiger partial charge in [-0.05, 0) is 22.3 Å². The third-order valence-electron chi connectivity index (χ3n) is 8.89.